The Morgan fingerprint density at radius 1 is 1.24 bits per heavy atom. The number of aliphatic hydroxyl groups is 1. The molecule has 0 spiro atoms. The van der Waals surface area contributed by atoms with Gasteiger partial charge >= 0.3 is 0 Å². The highest BCUT2D eigenvalue weighted by atomic mass is 32.1. The molecule has 0 aliphatic heterocycles. The van der Waals surface area contributed by atoms with Crippen molar-refractivity contribution < 1.29 is 9.50 Å². The first kappa shape index (κ1) is 12.3. The molecule has 1 aromatic carbocycles. The molecule has 1 N–H and O–H groups in total. The van der Waals surface area contributed by atoms with E-state index in [2.05, 4.69) is 11.4 Å². The largest absolute Gasteiger partial charge is 0.393 e. The number of hydrogen-bond acceptors (Lipinski definition) is 2. The maximum Gasteiger partial charge on any atom is 0.123 e. The van der Waals surface area contributed by atoms with Gasteiger partial charge in [0.15, 0.2) is 0 Å². The zero-order valence-corrected chi connectivity index (χ0v) is 10.3. The van der Waals surface area contributed by atoms with Crippen LogP contribution in [0.1, 0.15) is 17.5 Å². The molecule has 1 atom stereocenters. The molecule has 17 heavy (non-hydrogen) atoms. The summed E-state index contributed by atoms with van der Waals surface area (Å²) in [5.41, 5.74) is 2.11. The summed E-state index contributed by atoms with van der Waals surface area (Å²) in [5, 5.41) is 14.0. The van der Waals surface area contributed by atoms with E-state index in [0.29, 0.717) is 12.8 Å². The zero-order chi connectivity index (χ0) is 12.1. The molecule has 1 unspecified atom stereocenters. The second-order valence-electron chi connectivity index (χ2n) is 4.16. The molecule has 0 saturated carbocycles. The predicted octanol–water partition coefficient (Wildman–Crippen LogP) is 3.42. The van der Waals surface area contributed by atoms with E-state index in [0.717, 1.165) is 12.0 Å². The minimum atomic E-state index is -0.406. The van der Waals surface area contributed by atoms with Crippen molar-refractivity contribution in [3.8, 4) is 0 Å². The van der Waals surface area contributed by atoms with Crippen molar-refractivity contribution in [1.82, 2.24) is 0 Å². The van der Waals surface area contributed by atoms with E-state index in [1.165, 1.54) is 17.7 Å². The lowest BCUT2D eigenvalue weighted by molar-refractivity contribution is 0.165. The van der Waals surface area contributed by atoms with Crippen LogP contribution in [0.2, 0.25) is 0 Å². The van der Waals surface area contributed by atoms with Gasteiger partial charge in [-0.15, -0.1) is 0 Å². The molecular weight excluding hydrogens is 235 g/mol. The summed E-state index contributed by atoms with van der Waals surface area (Å²) < 4.78 is 12.9. The Morgan fingerprint density at radius 3 is 2.82 bits per heavy atom. The molecule has 3 heteroatoms. The van der Waals surface area contributed by atoms with Crippen LogP contribution in [0.25, 0.3) is 0 Å². The first-order valence-corrected chi connectivity index (χ1v) is 6.62. The van der Waals surface area contributed by atoms with Gasteiger partial charge in [-0.25, -0.2) is 4.39 Å². The van der Waals surface area contributed by atoms with Gasteiger partial charge in [-0.2, -0.15) is 11.3 Å². The quantitative estimate of drug-likeness (QED) is 0.862. The summed E-state index contributed by atoms with van der Waals surface area (Å²) >= 11 is 1.67. The van der Waals surface area contributed by atoms with E-state index in [9.17, 15) is 9.50 Å². The monoisotopic (exact) mass is 250 g/mol. The van der Waals surface area contributed by atoms with Crippen molar-refractivity contribution in [2.24, 2.45) is 0 Å². The summed E-state index contributed by atoms with van der Waals surface area (Å²) in [4.78, 5) is 0. The Bertz CT molecular complexity index is 453. The summed E-state index contributed by atoms with van der Waals surface area (Å²) in [5.74, 6) is -0.243. The molecule has 2 rings (SSSR count). The molecule has 2 aromatic rings. The standard InChI is InChI=1S/C14H15FOS/c15-13-3-1-2-12(8-13)9-14(16)5-4-11-6-7-17-10-11/h1-3,6-8,10,14,16H,4-5,9H2. The van der Waals surface area contributed by atoms with E-state index in [1.807, 2.05) is 11.4 Å². The summed E-state index contributed by atoms with van der Waals surface area (Å²) in [7, 11) is 0. The van der Waals surface area contributed by atoms with Crippen molar-refractivity contribution in [2.45, 2.75) is 25.4 Å². The number of halogens is 1. The van der Waals surface area contributed by atoms with Gasteiger partial charge < -0.3 is 5.11 Å². The molecule has 0 aliphatic carbocycles. The first-order chi connectivity index (χ1) is 8.24. The van der Waals surface area contributed by atoms with Crippen LogP contribution in [0, 0.1) is 5.82 Å². The molecule has 0 aliphatic rings. The first-order valence-electron chi connectivity index (χ1n) is 5.67. The number of aliphatic hydroxyl groups excluding tert-OH is 1. The van der Waals surface area contributed by atoms with Gasteiger partial charge in [0.05, 0.1) is 6.10 Å². The Morgan fingerprint density at radius 2 is 2.12 bits per heavy atom. The lowest BCUT2D eigenvalue weighted by Crippen LogP contribution is -2.11. The van der Waals surface area contributed by atoms with Crippen LogP contribution in [0.3, 0.4) is 0 Å². The fourth-order valence-corrected chi connectivity index (χ4v) is 2.51. The number of thiophene rings is 1. The molecule has 1 heterocycles. The van der Waals surface area contributed by atoms with E-state index >= 15 is 0 Å². The third kappa shape index (κ3) is 3.95. The number of benzene rings is 1. The van der Waals surface area contributed by atoms with Gasteiger partial charge in [0.2, 0.25) is 0 Å². The van der Waals surface area contributed by atoms with Gasteiger partial charge in [-0.05, 0) is 59.3 Å². The van der Waals surface area contributed by atoms with Crippen LogP contribution in [-0.4, -0.2) is 11.2 Å². The van der Waals surface area contributed by atoms with Gasteiger partial charge in [0.25, 0.3) is 0 Å². The Labute approximate surface area is 105 Å². The summed E-state index contributed by atoms with van der Waals surface area (Å²) in [6.45, 7) is 0. The maximum atomic E-state index is 12.9. The van der Waals surface area contributed by atoms with E-state index < -0.39 is 6.10 Å². The zero-order valence-electron chi connectivity index (χ0n) is 9.47. The molecule has 0 radical (unpaired) electrons. The lowest BCUT2D eigenvalue weighted by Gasteiger charge is -2.10. The van der Waals surface area contributed by atoms with E-state index in [1.54, 1.807) is 17.4 Å². The van der Waals surface area contributed by atoms with Gasteiger partial charge in [-0.1, -0.05) is 12.1 Å². The second kappa shape index (κ2) is 5.94. The van der Waals surface area contributed by atoms with Crippen LogP contribution in [0.4, 0.5) is 4.39 Å². The number of hydrogen-bond donors (Lipinski definition) is 1. The molecule has 1 nitrogen and oxygen atoms in total. The molecule has 0 bridgehead atoms. The average Bonchev–Trinajstić information content (AvgIpc) is 2.79. The van der Waals surface area contributed by atoms with Gasteiger partial charge in [0.1, 0.15) is 5.82 Å². The van der Waals surface area contributed by atoms with Gasteiger partial charge in [0, 0.05) is 0 Å². The topological polar surface area (TPSA) is 20.2 Å². The normalized spacial score (nSPS) is 12.6. The fraction of sp³-hybridized carbons (Fsp3) is 0.286. The van der Waals surface area contributed by atoms with E-state index in [4.69, 9.17) is 0 Å². The minimum Gasteiger partial charge on any atom is -0.393 e. The molecule has 0 saturated heterocycles. The van der Waals surface area contributed by atoms with Gasteiger partial charge in [-0.3, -0.25) is 0 Å². The molecular formula is C14H15FOS. The second-order valence-corrected chi connectivity index (χ2v) is 4.94. The maximum absolute atomic E-state index is 12.9. The SMILES string of the molecule is OC(CCc1ccsc1)Cc1cccc(F)c1. The van der Waals surface area contributed by atoms with Crippen molar-refractivity contribution in [3.05, 3.63) is 58.0 Å². The van der Waals surface area contributed by atoms with Crippen LogP contribution < -0.4 is 0 Å². The highest BCUT2D eigenvalue weighted by Crippen LogP contribution is 2.13. The third-order valence-electron chi connectivity index (χ3n) is 2.71. The average molecular weight is 250 g/mol. The molecule has 0 amide bonds. The highest BCUT2D eigenvalue weighted by molar-refractivity contribution is 7.07. The Hall–Kier alpha value is -1.19. The van der Waals surface area contributed by atoms with Crippen molar-refractivity contribution in [3.63, 3.8) is 0 Å². The smallest absolute Gasteiger partial charge is 0.123 e. The van der Waals surface area contributed by atoms with E-state index in [-0.39, 0.29) is 5.82 Å². The molecule has 0 fully saturated rings. The molecule has 90 valence electrons. The van der Waals surface area contributed by atoms with Crippen molar-refractivity contribution in [1.29, 1.82) is 0 Å². The Balaban J connectivity index is 1.83. The summed E-state index contributed by atoms with van der Waals surface area (Å²) in [6, 6.07) is 8.49. The van der Waals surface area contributed by atoms with Crippen LogP contribution in [-0.2, 0) is 12.8 Å². The highest BCUT2D eigenvalue weighted by Gasteiger charge is 2.06. The molecule has 1 aromatic heterocycles. The predicted molar refractivity (Wildman–Crippen MR) is 68.8 cm³/mol. The lowest BCUT2D eigenvalue weighted by atomic mass is 10.0. The number of aryl methyl sites for hydroxylation is 1. The fourth-order valence-electron chi connectivity index (χ4n) is 1.81. The third-order valence-corrected chi connectivity index (χ3v) is 3.44. The summed E-state index contributed by atoms with van der Waals surface area (Å²) in [6.07, 6.45) is 1.70. The van der Waals surface area contributed by atoms with Crippen molar-refractivity contribution in [2.75, 3.05) is 0 Å². The Kier molecular flexibility index (Phi) is 4.29. The van der Waals surface area contributed by atoms with Crippen LogP contribution >= 0.6 is 11.3 Å². The minimum absolute atomic E-state index is 0.243. The van der Waals surface area contributed by atoms with Crippen LogP contribution in [0.5, 0.6) is 0 Å². The van der Waals surface area contributed by atoms with Crippen molar-refractivity contribution >= 4 is 11.3 Å². The van der Waals surface area contributed by atoms with Crippen LogP contribution in [0.15, 0.2) is 41.1 Å². The number of rotatable bonds is 5.